The van der Waals surface area contributed by atoms with Crippen LogP contribution < -0.4 is 5.32 Å². The lowest BCUT2D eigenvalue weighted by atomic mass is 10.0. The van der Waals surface area contributed by atoms with Gasteiger partial charge in [0.25, 0.3) is 0 Å². The van der Waals surface area contributed by atoms with E-state index in [9.17, 15) is 0 Å². The standard InChI is InChI=1S/C13H26N2/c1-11(5-4-8-14-2)15-9-12-6-3-7-13(12)10-15/h11-14H,3-10H2,1-2H3. The summed E-state index contributed by atoms with van der Waals surface area (Å²) in [6.07, 6.45) is 7.19. The van der Waals surface area contributed by atoms with Crippen LogP contribution in [0.1, 0.15) is 39.0 Å². The molecule has 0 aromatic heterocycles. The van der Waals surface area contributed by atoms with E-state index < -0.39 is 0 Å². The van der Waals surface area contributed by atoms with E-state index in [-0.39, 0.29) is 0 Å². The first-order valence-electron chi connectivity index (χ1n) is 6.70. The molecule has 2 nitrogen and oxygen atoms in total. The number of hydrogen-bond acceptors (Lipinski definition) is 2. The predicted molar refractivity (Wildman–Crippen MR) is 65.0 cm³/mol. The van der Waals surface area contributed by atoms with Gasteiger partial charge >= 0.3 is 0 Å². The molecule has 3 unspecified atom stereocenters. The average Bonchev–Trinajstić information content (AvgIpc) is 2.76. The zero-order valence-electron chi connectivity index (χ0n) is 10.3. The van der Waals surface area contributed by atoms with Crippen LogP contribution in [0.25, 0.3) is 0 Å². The molecule has 2 rings (SSSR count). The molecule has 0 bridgehead atoms. The van der Waals surface area contributed by atoms with Gasteiger partial charge in [-0.15, -0.1) is 0 Å². The minimum atomic E-state index is 0.809. The van der Waals surface area contributed by atoms with Gasteiger partial charge in [0, 0.05) is 19.1 Å². The van der Waals surface area contributed by atoms with Crippen LogP contribution in [0.3, 0.4) is 0 Å². The van der Waals surface area contributed by atoms with Crippen LogP contribution in [0.5, 0.6) is 0 Å². The Hall–Kier alpha value is -0.0800. The van der Waals surface area contributed by atoms with Gasteiger partial charge in [0.1, 0.15) is 0 Å². The number of fused-ring (bicyclic) bond motifs is 1. The number of nitrogens with one attached hydrogen (secondary N) is 1. The van der Waals surface area contributed by atoms with Gasteiger partial charge in [0.05, 0.1) is 0 Å². The smallest absolute Gasteiger partial charge is 0.00676 e. The molecular formula is C13H26N2. The van der Waals surface area contributed by atoms with Crippen LogP contribution in [0.15, 0.2) is 0 Å². The highest BCUT2D eigenvalue weighted by Gasteiger charge is 2.37. The van der Waals surface area contributed by atoms with Gasteiger partial charge < -0.3 is 10.2 Å². The van der Waals surface area contributed by atoms with Crippen molar-refractivity contribution >= 4 is 0 Å². The highest BCUT2D eigenvalue weighted by Crippen LogP contribution is 2.38. The largest absolute Gasteiger partial charge is 0.320 e. The molecule has 0 radical (unpaired) electrons. The second kappa shape index (κ2) is 5.31. The Kier molecular flexibility index (Phi) is 4.04. The first kappa shape index (κ1) is 11.4. The van der Waals surface area contributed by atoms with Crippen LogP contribution >= 0.6 is 0 Å². The fraction of sp³-hybridized carbons (Fsp3) is 1.00. The Balaban J connectivity index is 1.70. The fourth-order valence-electron chi connectivity index (χ4n) is 3.39. The highest BCUT2D eigenvalue weighted by atomic mass is 15.2. The van der Waals surface area contributed by atoms with Crippen molar-refractivity contribution in [3.8, 4) is 0 Å². The zero-order valence-corrected chi connectivity index (χ0v) is 10.3. The second-order valence-electron chi connectivity index (χ2n) is 5.50. The second-order valence-corrected chi connectivity index (χ2v) is 5.50. The maximum atomic E-state index is 3.24. The van der Waals surface area contributed by atoms with E-state index in [1.807, 2.05) is 7.05 Å². The Morgan fingerprint density at radius 3 is 2.53 bits per heavy atom. The van der Waals surface area contributed by atoms with Gasteiger partial charge in [-0.1, -0.05) is 6.42 Å². The minimum absolute atomic E-state index is 0.809. The zero-order chi connectivity index (χ0) is 10.7. The quantitative estimate of drug-likeness (QED) is 0.699. The highest BCUT2D eigenvalue weighted by molar-refractivity contribution is 4.90. The third kappa shape index (κ3) is 2.73. The van der Waals surface area contributed by atoms with Crippen LogP contribution in [-0.2, 0) is 0 Å². The van der Waals surface area contributed by atoms with Gasteiger partial charge in [0.15, 0.2) is 0 Å². The van der Waals surface area contributed by atoms with E-state index in [0.29, 0.717) is 0 Å². The molecule has 0 aromatic rings. The molecule has 1 aliphatic carbocycles. The van der Waals surface area contributed by atoms with Crippen LogP contribution in [0.2, 0.25) is 0 Å². The van der Waals surface area contributed by atoms with Crippen molar-refractivity contribution in [2.24, 2.45) is 11.8 Å². The van der Waals surface area contributed by atoms with Gasteiger partial charge in [-0.05, 0) is 58.0 Å². The normalized spacial score (nSPS) is 33.2. The van der Waals surface area contributed by atoms with E-state index in [4.69, 9.17) is 0 Å². The average molecular weight is 210 g/mol. The number of hydrogen-bond donors (Lipinski definition) is 1. The first-order valence-corrected chi connectivity index (χ1v) is 6.70. The van der Waals surface area contributed by atoms with Crippen molar-refractivity contribution in [3.05, 3.63) is 0 Å². The van der Waals surface area contributed by atoms with E-state index in [0.717, 1.165) is 17.9 Å². The van der Waals surface area contributed by atoms with Crippen LogP contribution in [0.4, 0.5) is 0 Å². The lowest BCUT2D eigenvalue weighted by Gasteiger charge is -2.25. The van der Waals surface area contributed by atoms with Crippen molar-refractivity contribution in [2.45, 2.75) is 45.1 Å². The molecule has 1 saturated carbocycles. The summed E-state index contributed by atoms with van der Waals surface area (Å²) in [6, 6.07) is 0.809. The molecule has 1 saturated heterocycles. The number of likely N-dealkylation sites (tertiary alicyclic amines) is 1. The topological polar surface area (TPSA) is 15.3 Å². The Morgan fingerprint density at radius 1 is 1.27 bits per heavy atom. The maximum Gasteiger partial charge on any atom is 0.00676 e. The van der Waals surface area contributed by atoms with E-state index in [1.54, 1.807) is 0 Å². The third-order valence-electron chi connectivity index (χ3n) is 4.43. The van der Waals surface area contributed by atoms with E-state index in [1.165, 1.54) is 51.7 Å². The first-order chi connectivity index (χ1) is 7.31. The van der Waals surface area contributed by atoms with Crippen molar-refractivity contribution in [3.63, 3.8) is 0 Å². The van der Waals surface area contributed by atoms with Gasteiger partial charge in [-0.2, -0.15) is 0 Å². The summed E-state index contributed by atoms with van der Waals surface area (Å²) in [5, 5.41) is 3.24. The number of rotatable bonds is 5. The number of nitrogens with zero attached hydrogens (tertiary/aromatic N) is 1. The van der Waals surface area contributed by atoms with Crippen molar-refractivity contribution in [1.29, 1.82) is 0 Å². The molecule has 0 amide bonds. The molecule has 2 fully saturated rings. The van der Waals surface area contributed by atoms with Crippen molar-refractivity contribution in [1.82, 2.24) is 10.2 Å². The lowest BCUT2D eigenvalue weighted by Crippen LogP contribution is -2.32. The molecule has 88 valence electrons. The summed E-state index contributed by atoms with van der Waals surface area (Å²) >= 11 is 0. The molecule has 2 aliphatic rings. The van der Waals surface area contributed by atoms with Crippen molar-refractivity contribution in [2.75, 3.05) is 26.7 Å². The molecular weight excluding hydrogens is 184 g/mol. The minimum Gasteiger partial charge on any atom is -0.320 e. The van der Waals surface area contributed by atoms with Gasteiger partial charge in [0.2, 0.25) is 0 Å². The summed E-state index contributed by atoms with van der Waals surface area (Å²) in [7, 11) is 2.05. The van der Waals surface area contributed by atoms with Crippen LogP contribution in [0, 0.1) is 11.8 Å². The van der Waals surface area contributed by atoms with E-state index in [2.05, 4.69) is 17.1 Å². The van der Waals surface area contributed by atoms with Crippen LogP contribution in [-0.4, -0.2) is 37.6 Å². The van der Waals surface area contributed by atoms with Crippen molar-refractivity contribution < 1.29 is 0 Å². The monoisotopic (exact) mass is 210 g/mol. The summed E-state index contributed by atoms with van der Waals surface area (Å²) in [4.78, 5) is 2.74. The molecule has 1 heterocycles. The summed E-state index contributed by atoms with van der Waals surface area (Å²) in [5.74, 6) is 2.11. The SMILES string of the molecule is CNCCCC(C)N1CC2CCCC2C1. The Morgan fingerprint density at radius 2 is 1.93 bits per heavy atom. The predicted octanol–water partition coefficient (Wildman–Crippen LogP) is 2.11. The summed E-state index contributed by atoms with van der Waals surface area (Å²) < 4.78 is 0. The summed E-state index contributed by atoms with van der Waals surface area (Å²) in [6.45, 7) is 6.37. The molecule has 15 heavy (non-hydrogen) atoms. The Bertz CT molecular complexity index is 181. The molecule has 0 aromatic carbocycles. The molecule has 0 spiro atoms. The molecule has 2 heteroatoms. The Labute approximate surface area is 94.4 Å². The fourth-order valence-corrected chi connectivity index (χ4v) is 3.39. The lowest BCUT2D eigenvalue weighted by molar-refractivity contribution is 0.225. The molecule has 1 aliphatic heterocycles. The maximum absolute atomic E-state index is 3.24. The molecule has 1 N–H and O–H groups in total. The summed E-state index contributed by atoms with van der Waals surface area (Å²) in [5.41, 5.74) is 0. The molecule has 3 atom stereocenters. The third-order valence-corrected chi connectivity index (χ3v) is 4.43. The van der Waals surface area contributed by atoms with Gasteiger partial charge in [-0.3, -0.25) is 0 Å². The van der Waals surface area contributed by atoms with Gasteiger partial charge in [-0.25, -0.2) is 0 Å². The van der Waals surface area contributed by atoms with E-state index >= 15 is 0 Å².